The van der Waals surface area contributed by atoms with E-state index in [2.05, 4.69) is 35.7 Å². The Morgan fingerprint density at radius 1 is 1.47 bits per heavy atom. The van der Waals surface area contributed by atoms with Gasteiger partial charge in [-0.05, 0) is 33.0 Å². The van der Waals surface area contributed by atoms with Crippen molar-refractivity contribution in [3.8, 4) is 0 Å². The molecule has 0 aromatic rings. The van der Waals surface area contributed by atoms with Crippen molar-refractivity contribution in [1.29, 1.82) is 0 Å². The second kappa shape index (κ2) is 6.97. The molecule has 1 aliphatic rings. The zero-order valence-electron chi connectivity index (χ0n) is 10.9. The van der Waals surface area contributed by atoms with Crippen molar-refractivity contribution >= 4 is 0 Å². The molecule has 0 aromatic carbocycles. The normalized spacial score (nSPS) is 21.8. The van der Waals surface area contributed by atoms with Crippen LogP contribution in [0.1, 0.15) is 13.3 Å². The highest BCUT2D eigenvalue weighted by atomic mass is 15.2. The molecule has 2 N–H and O–H groups in total. The van der Waals surface area contributed by atoms with Crippen LogP contribution in [0.15, 0.2) is 49.0 Å². The number of rotatable bonds is 6. The van der Waals surface area contributed by atoms with E-state index < -0.39 is 0 Å². The largest absolute Gasteiger partial charge is 0.368 e. The summed E-state index contributed by atoms with van der Waals surface area (Å²) < 4.78 is 0. The van der Waals surface area contributed by atoms with Gasteiger partial charge in [0.05, 0.1) is 5.82 Å². The highest BCUT2D eigenvalue weighted by molar-refractivity contribution is 5.22. The second-order valence-corrected chi connectivity index (χ2v) is 4.33. The summed E-state index contributed by atoms with van der Waals surface area (Å²) in [5.74, 6) is 0.854. The Morgan fingerprint density at radius 3 is 2.76 bits per heavy atom. The van der Waals surface area contributed by atoms with Gasteiger partial charge in [-0.2, -0.15) is 0 Å². The molecule has 0 saturated carbocycles. The Balaban J connectivity index is 2.38. The Hall–Kier alpha value is -1.48. The van der Waals surface area contributed by atoms with E-state index in [0.717, 1.165) is 24.6 Å². The van der Waals surface area contributed by atoms with Crippen molar-refractivity contribution < 1.29 is 0 Å². The van der Waals surface area contributed by atoms with Gasteiger partial charge in [0.15, 0.2) is 0 Å². The third-order valence-electron chi connectivity index (χ3n) is 2.79. The quantitative estimate of drug-likeness (QED) is 0.687. The van der Waals surface area contributed by atoms with Crippen molar-refractivity contribution in [2.45, 2.75) is 19.4 Å². The third kappa shape index (κ3) is 4.91. The highest BCUT2D eigenvalue weighted by Gasteiger charge is 2.19. The number of likely N-dealkylation sites (tertiary alicyclic amines) is 1. The van der Waals surface area contributed by atoms with Crippen LogP contribution in [0, 0.1) is 0 Å². The summed E-state index contributed by atoms with van der Waals surface area (Å²) in [6.07, 6.45) is 8.81. The number of hydrogen-bond acceptors (Lipinski definition) is 3. The van der Waals surface area contributed by atoms with Crippen LogP contribution in [-0.2, 0) is 0 Å². The SMILES string of the molecule is C=C/C=C\C(=C/C)NC(=C)NC1CCN(C)C1. The summed E-state index contributed by atoms with van der Waals surface area (Å²) in [6.45, 7) is 11.9. The number of likely N-dealkylation sites (N-methyl/N-ethyl adjacent to an activating group) is 1. The zero-order chi connectivity index (χ0) is 12.7. The van der Waals surface area contributed by atoms with Crippen molar-refractivity contribution in [3.63, 3.8) is 0 Å². The van der Waals surface area contributed by atoms with Crippen molar-refractivity contribution in [1.82, 2.24) is 15.5 Å². The third-order valence-corrected chi connectivity index (χ3v) is 2.79. The van der Waals surface area contributed by atoms with Crippen LogP contribution in [0.5, 0.6) is 0 Å². The molecule has 1 atom stereocenters. The minimum atomic E-state index is 0.501. The van der Waals surface area contributed by atoms with Crippen molar-refractivity contribution in [3.05, 3.63) is 49.0 Å². The molecule has 0 bridgehead atoms. The first-order chi connectivity index (χ1) is 8.15. The molecule has 1 saturated heterocycles. The number of hydrogen-bond donors (Lipinski definition) is 2. The lowest BCUT2D eigenvalue weighted by Crippen LogP contribution is -2.35. The Bertz CT molecular complexity index is 328. The molecule has 1 aliphatic heterocycles. The molecular formula is C14H23N3. The maximum atomic E-state index is 4.00. The fraction of sp³-hybridized carbons (Fsp3) is 0.429. The van der Waals surface area contributed by atoms with Crippen LogP contribution in [-0.4, -0.2) is 31.1 Å². The highest BCUT2D eigenvalue weighted by Crippen LogP contribution is 2.07. The fourth-order valence-electron chi connectivity index (χ4n) is 1.89. The fourth-order valence-corrected chi connectivity index (χ4v) is 1.89. The van der Waals surface area contributed by atoms with E-state index in [1.807, 2.05) is 25.2 Å². The molecule has 0 aromatic heterocycles. The van der Waals surface area contributed by atoms with Gasteiger partial charge in [-0.25, -0.2) is 0 Å². The molecule has 1 heterocycles. The molecule has 0 amide bonds. The van der Waals surface area contributed by atoms with Crippen LogP contribution in [0.2, 0.25) is 0 Å². The first-order valence-corrected chi connectivity index (χ1v) is 6.02. The van der Waals surface area contributed by atoms with Gasteiger partial charge < -0.3 is 15.5 Å². The summed E-state index contributed by atoms with van der Waals surface area (Å²) in [6, 6.07) is 0.501. The van der Waals surface area contributed by atoms with Crippen LogP contribution in [0.25, 0.3) is 0 Å². The minimum Gasteiger partial charge on any atom is -0.368 e. The average Bonchev–Trinajstić information content (AvgIpc) is 2.69. The van der Waals surface area contributed by atoms with Gasteiger partial charge in [-0.3, -0.25) is 0 Å². The maximum absolute atomic E-state index is 4.00. The van der Waals surface area contributed by atoms with E-state index in [1.165, 1.54) is 6.42 Å². The summed E-state index contributed by atoms with van der Waals surface area (Å²) in [4.78, 5) is 2.32. The summed E-state index contributed by atoms with van der Waals surface area (Å²) in [7, 11) is 2.14. The molecule has 94 valence electrons. The molecule has 0 spiro atoms. The van der Waals surface area contributed by atoms with E-state index in [9.17, 15) is 0 Å². The van der Waals surface area contributed by atoms with E-state index >= 15 is 0 Å². The van der Waals surface area contributed by atoms with Crippen LogP contribution in [0.3, 0.4) is 0 Å². The van der Waals surface area contributed by atoms with E-state index in [1.54, 1.807) is 6.08 Å². The van der Waals surface area contributed by atoms with Gasteiger partial charge in [0.1, 0.15) is 0 Å². The molecule has 1 fully saturated rings. The van der Waals surface area contributed by atoms with Crippen LogP contribution < -0.4 is 10.6 Å². The Kier molecular flexibility index (Phi) is 5.57. The van der Waals surface area contributed by atoms with Gasteiger partial charge >= 0.3 is 0 Å². The minimum absolute atomic E-state index is 0.501. The lowest BCUT2D eigenvalue weighted by molar-refractivity contribution is 0.403. The van der Waals surface area contributed by atoms with E-state index in [0.29, 0.717) is 6.04 Å². The van der Waals surface area contributed by atoms with Crippen LogP contribution >= 0.6 is 0 Å². The average molecular weight is 233 g/mol. The Morgan fingerprint density at radius 2 is 2.24 bits per heavy atom. The van der Waals surface area contributed by atoms with Gasteiger partial charge in [0, 0.05) is 18.3 Å². The number of allylic oxidation sites excluding steroid dienone is 4. The van der Waals surface area contributed by atoms with Crippen LogP contribution in [0.4, 0.5) is 0 Å². The van der Waals surface area contributed by atoms with Gasteiger partial charge in [-0.1, -0.05) is 31.4 Å². The Labute approximate surface area is 105 Å². The molecule has 17 heavy (non-hydrogen) atoms. The first-order valence-electron chi connectivity index (χ1n) is 6.02. The van der Waals surface area contributed by atoms with E-state index in [4.69, 9.17) is 0 Å². The first kappa shape index (κ1) is 13.6. The molecule has 1 unspecified atom stereocenters. The standard InChI is InChI=1S/C14H23N3/c1-5-7-8-13(6-2)15-12(3)16-14-9-10-17(4)11-14/h5-8,14-16H,1,3,9-11H2,2,4H3/b8-7-,13-6+. The van der Waals surface area contributed by atoms with E-state index in [-0.39, 0.29) is 0 Å². The van der Waals surface area contributed by atoms with Gasteiger partial charge in [-0.15, -0.1) is 0 Å². The molecule has 0 aliphatic carbocycles. The molecule has 1 rings (SSSR count). The monoisotopic (exact) mass is 233 g/mol. The molecule has 0 radical (unpaired) electrons. The maximum Gasteiger partial charge on any atom is 0.0959 e. The summed E-state index contributed by atoms with van der Waals surface area (Å²) in [5, 5.41) is 6.65. The van der Waals surface area contributed by atoms with Gasteiger partial charge in [0.25, 0.3) is 0 Å². The smallest absolute Gasteiger partial charge is 0.0959 e. The summed E-state index contributed by atoms with van der Waals surface area (Å²) in [5.41, 5.74) is 1.02. The molecule has 3 heteroatoms. The molecular weight excluding hydrogens is 210 g/mol. The number of nitrogens with one attached hydrogen (secondary N) is 2. The van der Waals surface area contributed by atoms with Crippen molar-refractivity contribution in [2.24, 2.45) is 0 Å². The second-order valence-electron chi connectivity index (χ2n) is 4.33. The predicted molar refractivity (Wildman–Crippen MR) is 74.4 cm³/mol. The zero-order valence-corrected chi connectivity index (χ0v) is 10.9. The van der Waals surface area contributed by atoms with Crippen molar-refractivity contribution in [2.75, 3.05) is 20.1 Å². The predicted octanol–water partition coefficient (Wildman–Crippen LogP) is 1.99. The lowest BCUT2D eigenvalue weighted by atomic mass is 10.2. The lowest BCUT2D eigenvalue weighted by Gasteiger charge is -2.18. The van der Waals surface area contributed by atoms with Gasteiger partial charge in [0.2, 0.25) is 0 Å². The molecule has 3 nitrogen and oxygen atoms in total. The topological polar surface area (TPSA) is 27.3 Å². The summed E-state index contributed by atoms with van der Waals surface area (Å²) >= 11 is 0. The number of nitrogens with zero attached hydrogens (tertiary/aromatic N) is 1.